The maximum Gasteiger partial charge on any atom is 0.573 e. The first-order chi connectivity index (χ1) is 13.8. The number of carbonyl (C=O) groups is 2. The van der Waals surface area contributed by atoms with Gasteiger partial charge in [-0.3, -0.25) is 4.79 Å². The molecule has 29 heavy (non-hydrogen) atoms. The summed E-state index contributed by atoms with van der Waals surface area (Å²) in [4.78, 5) is 32.5. The Kier molecular flexibility index (Phi) is 5.95. The lowest BCUT2D eigenvalue weighted by atomic mass is 9.95. The number of aromatic amines is 1. The van der Waals surface area contributed by atoms with Crippen LogP contribution in [0.2, 0.25) is 0 Å². The van der Waals surface area contributed by atoms with E-state index in [-0.39, 0.29) is 25.1 Å². The Morgan fingerprint density at radius 2 is 2.10 bits per heavy atom. The first-order valence-electron chi connectivity index (χ1n) is 8.78. The van der Waals surface area contributed by atoms with Crippen molar-refractivity contribution in [2.45, 2.75) is 25.2 Å². The highest BCUT2D eigenvalue weighted by Crippen LogP contribution is 2.39. The van der Waals surface area contributed by atoms with E-state index >= 15 is 0 Å². The molecule has 2 amide bonds. The second-order valence-corrected chi connectivity index (χ2v) is 6.26. The zero-order valence-corrected chi connectivity index (χ0v) is 15.5. The number of amides is 2. The summed E-state index contributed by atoms with van der Waals surface area (Å²) in [6, 6.07) is 4.21. The Hall–Kier alpha value is -3.24. The lowest BCUT2D eigenvalue weighted by Gasteiger charge is -2.35. The predicted octanol–water partition coefficient (Wildman–Crippen LogP) is 2.53. The summed E-state index contributed by atoms with van der Waals surface area (Å²) in [5.74, 6) is -0.896. The molecule has 0 fully saturated rings. The van der Waals surface area contributed by atoms with E-state index < -0.39 is 30.2 Å². The van der Waals surface area contributed by atoms with Crippen LogP contribution in [0.4, 0.5) is 18.0 Å². The number of nitrogens with zero attached hydrogens (tertiary/aromatic N) is 2. The third-order valence-corrected chi connectivity index (χ3v) is 4.46. The van der Waals surface area contributed by atoms with E-state index in [0.717, 1.165) is 5.69 Å². The summed E-state index contributed by atoms with van der Waals surface area (Å²) in [5, 5.41) is 2.59. The number of carbonyl (C=O) groups excluding carboxylic acids is 2. The molecule has 156 valence electrons. The van der Waals surface area contributed by atoms with Crippen molar-refractivity contribution in [2.24, 2.45) is 0 Å². The van der Waals surface area contributed by atoms with Crippen LogP contribution in [0.3, 0.4) is 0 Å². The minimum atomic E-state index is -4.88. The number of urea groups is 1. The minimum absolute atomic E-state index is 0.0256. The largest absolute Gasteiger partial charge is 0.573 e. The average Bonchev–Trinajstić information content (AvgIpc) is 3.15. The van der Waals surface area contributed by atoms with E-state index in [1.54, 1.807) is 6.07 Å². The Labute approximate surface area is 164 Å². The second kappa shape index (κ2) is 8.41. The van der Waals surface area contributed by atoms with Gasteiger partial charge in [-0.1, -0.05) is 18.2 Å². The molecule has 3 rings (SSSR count). The van der Waals surface area contributed by atoms with Crippen LogP contribution in [-0.4, -0.2) is 53.4 Å². The van der Waals surface area contributed by atoms with Gasteiger partial charge in [0.05, 0.1) is 25.6 Å². The molecule has 1 aliphatic heterocycles. The Bertz CT molecular complexity index is 884. The number of ether oxygens (including phenoxy) is 2. The number of para-hydroxylation sites is 1. The van der Waals surface area contributed by atoms with Crippen molar-refractivity contribution in [3.8, 4) is 5.75 Å². The number of imidazole rings is 1. The fourth-order valence-corrected chi connectivity index (χ4v) is 3.21. The molecule has 0 spiro atoms. The number of nitrogens with one attached hydrogen (secondary N) is 2. The number of hydrogen-bond donors (Lipinski definition) is 2. The number of rotatable bonds is 5. The summed E-state index contributed by atoms with van der Waals surface area (Å²) >= 11 is 0. The molecular formula is C18H19F3N4O4. The zero-order chi connectivity index (χ0) is 21.0. The van der Waals surface area contributed by atoms with E-state index in [1.165, 1.54) is 36.5 Å². The first-order valence-corrected chi connectivity index (χ1v) is 8.78. The van der Waals surface area contributed by atoms with Gasteiger partial charge in [-0.15, -0.1) is 13.2 Å². The van der Waals surface area contributed by atoms with E-state index in [2.05, 4.69) is 24.8 Å². The first kappa shape index (κ1) is 20.5. The molecule has 8 nitrogen and oxygen atoms in total. The lowest BCUT2D eigenvalue weighted by Crippen LogP contribution is -2.46. The number of H-pyrrole nitrogens is 1. The van der Waals surface area contributed by atoms with Crippen molar-refractivity contribution in [1.29, 1.82) is 0 Å². The SMILES string of the molecule is COC(=O)CCNC(=O)N1CCc2[nH]cnc2[C@H]1c1ccccc1OC(F)(F)F. The van der Waals surface area contributed by atoms with Gasteiger partial charge in [-0.2, -0.15) is 0 Å². The maximum absolute atomic E-state index is 12.9. The number of methoxy groups -OCH3 is 1. The predicted molar refractivity (Wildman–Crippen MR) is 94.0 cm³/mol. The fraction of sp³-hybridized carbons (Fsp3) is 0.389. The number of esters is 1. The molecule has 0 unspecified atom stereocenters. The van der Waals surface area contributed by atoms with Crippen LogP contribution in [0.15, 0.2) is 30.6 Å². The quantitative estimate of drug-likeness (QED) is 0.736. The summed E-state index contributed by atoms with van der Waals surface area (Å²) in [7, 11) is 1.24. The van der Waals surface area contributed by atoms with Gasteiger partial charge in [0, 0.05) is 30.8 Å². The van der Waals surface area contributed by atoms with E-state index in [4.69, 9.17) is 0 Å². The third-order valence-electron chi connectivity index (χ3n) is 4.46. The molecule has 2 heterocycles. The van der Waals surface area contributed by atoms with Crippen LogP contribution in [-0.2, 0) is 16.0 Å². The van der Waals surface area contributed by atoms with Gasteiger partial charge in [0.2, 0.25) is 0 Å². The molecule has 1 aromatic carbocycles. The highest BCUT2D eigenvalue weighted by Gasteiger charge is 2.38. The number of fused-ring (bicyclic) bond motifs is 1. The topological polar surface area (TPSA) is 96.6 Å². The average molecular weight is 412 g/mol. The molecule has 1 aliphatic rings. The summed E-state index contributed by atoms with van der Waals surface area (Å²) < 4.78 is 47.3. The van der Waals surface area contributed by atoms with Crippen LogP contribution in [0.1, 0.15) is 29.4 Å². The molecule has 0 aliphatic carbocycles. The van der Waals surface area contributed by atoms with Gasteiger partial charge in [0.1, 0.15) is 11.8 Å². The van der Waals surface area contributed by atoms with Gasteiger partial charge in [-0.05, 0) is 6.07 Å². The Morgan fingerprint density at radius 1 is 1.34 bits per heavy atom. The molecule has 11 heteroatoms. The minimum Gasteiger partial charge on any atom is -0.469 e. The standard InChI is InChI=1S/C18H19F3N4O4/c1-28-14(26)6-8-22-17(27)25-9-7-12-15(24-10-23-12)16(25)11-4-2-3-5-13(11)29-18(19,20)21/h2-5,10,16H,6-9H2,1H3,(H,22,27)(H,23,24)/t16-/m1/s1. The number of hydrogen-bond acceptors (Lipinski definition) is 5. The van der Waals surface area contributed by atoms with Gasteiger partial charge in [-0.25, -0.2) is 9.78 Å². The van der Waals surface area contributed by atoms with Crippen LogP contribution < -0.4 is 10.1 Å². The second-order valence-electron chi connectivity index (χ2n) is 6.26. The number of aromatic nitrogens is 2. The molecular weight excluding hydrogens is 393 g/mol. The lowest BCUT2D eigenvalue weighted by molar-refractivity contribution is -0.275. The van der Waals surface area contributed by atoms with E-state index in [0.29, 0.717) is 12.1 Å². The number of benzene rings is 1. The molecule has 0 saturated heterocycles. The highest BCUT2D eigenvalue weighted by molar-refractivity contribution is 5.77. The normalized spacial score (nSPS) is 16.1. The number of halogens is 3. The Balaban J connectivity index is 1.91. The van der Waals surface area contributed by atoms with E-state index in [9.17, 15) is 22.8 Å². The van der Waals surface area contributed by atoms with Crippen LogP contribution in [0.25, 0.3) is 0 Å². The van der Waals surface area contributed by atoms with Crippen LogP contribution in [0.5, 0.6) is 5.75 Å². The van der Waals surface area contributed by atoms with Crippen LogP contribution in [0, 0.1) is 0 Å². The van der Waals surface area contributed by atoms with Gasteiger partial charge in [0.25, 0.3) is 0 Å². The molecule has 1 aromatic heterocycles. The molecule has 0 saturated carbocycles. The summed E-state index contributed by atoms with van der Waals surface area (Å²) in [6.45, 7) is 0.271. The van der Waals surface area contributed by atoms with Crippen LogP contribution >= 0.6 is 0 Å². The summed E-state index contributed by atoms with van der Waals surface area (Å²) in [5.41, 5.74) is 1.33. The van der Waals surface area contributed by atoms with Gasteiger partial charge >= 0.3 is 18.4 Å². The van der Waals surface area contributed by atoms with E-state index in [1.807, 2.05) is 0 Å². The smallest absolute Gasteiger partial charge is 0.469 e. The molecule has 1 atom stereocenters. The summed E-state index contributed by atoms with van der Waals surface area (Å²) in [6.07, 6.45) is -3.02. The van der Waals surface area contributed by atoms with Crippen molar-refractivity contribution < 1.29 is 32.2 Å². The fourth-order valence-electron chi connectivity index (χ4n) is 3.21. The monoisotopic (exact) mass is 412 g/mol. The zero-order valence-electron chi connectivity index (χ0n) is 15.5. The van der Waals surface area contributed by atoms with Crippen molar-refractivity contribution >= 4 is 12.0 Å². The molecule has 2 N–H and O–H groups in total. The van der Waals surface area contributed by atoms with Crippen molar-refractivity contribution in [3.63, 3.8) is 0 Å². The van der Waals surface area contributed by atoms with Crippen molar-refractivity contribution in [1.82, 2.24) is 20.2 Å². The van der Waals surface area contributed by atoms with Gasteiger partial charge in [0.15, 0.2) is 0 Å². The highest BCUT2D eigenvalue weighted by atomic mass is 19.4. The van der Waals surface area contributed by atoms with Crippen molar-refractivity contribution in [3.05, 3.63) is 47.5 Å². The molecule has 0 radical (unpaired) electrons. The van der Waals surface area contributed by atoms with Gasteiger partial charge < -0.3 is 24.7 Å². The molecule has 2 aromatic rings. The maximum atomic E-state index is 12.9. The number of alkyl halides is 3. The third kappa shape index (κ3) is 4.79. The molecule has 0 bridgehead atoms. The Morgan fingerprint density at radius 3 is 2.83 bits per heavy atom. The van der Waals surface area contributed by atoms with Crippen molar-refractivity contribution in [2.75, 3.05) is 20.2 Å².